The van der Waals surface area contributed by atoms with E-state index >= 15 is 0 Å². The number of ether oxygens (including phenoxy) is 2. The predicted octanol–water partition coefficient (Wildman–Crippen LogP) is 3.41. The fourth-order valence-corrected chi connectivity index (χ4v) is 2.98. The lowest BCUT2D eigenvalue weighted by Gasteiger charge is -2.22. The van der Waals surface area contributed by atoms with Gasteiger partial charge in [-0.2, -0.15) is 0 Å². The summed E-state index contributed by atoms with van der Waals surface area (Å²) in [5.74, 6) is 1.88. The first-order valence-electron chi connectivity index (χ1n) is 9.13. The largest absolute Gasteiger partial charge is 0.497 e. The first-order chi connectivity index (χ1) is 13.5. The first-order valence-corrected chi connectivity index (χ1v) is 9.13. The quantitative estimate of drug-likeness (QED) is 0.683. The molecule has 0 saturated heterocycles. The van der Waals surface area contributed by atoms with E-state index in [0.717, 1.165) is 22.7 Å². The third-order valence-corrected chi connectivity index (χ3v) is 4.50. The fraction of sp³-hybridized carbons (Fsp3) is 0.273. The van der Waals surface area contributed by atoms with E-state index in [1.54, 1.807) is 20.2 Å². The SMILES string of the molecule is COc1cccc(C(NC(=O)C(C)Oc2cccc(C)c2)c2nccn2C)c1. The van der Waals surface area contributed by atoms with Crippen LogP contribution < -0.4 is 14.8 Å². The van der Waals surface area contributed by atoms with Crippen molar-refractivity contribution in [2.45, 2.75) is 26.0 Å². The molecule has 0 aliphatic heterocycles. The number of hydrogen-bond donors (Lipinski definition) is 1. The van der Waals surface area contributed by atoms with Gasteiger partial charge in [0.1, 0.15) is 23.4 Å². The topological polar surface area (TPSA) is 65.4 Å². The third-order valence-electron chi connectivity index (χ3n) is 4.50. The molecule has 0 aliphatic carbocycles. The molecular formula is C22H25N3O3. The molecule has 146 valence electrons. The van der Waals surface area contributed by atoms with Gasteiger partial charge in [-0.05, 0) is 49.2 Å². The maximum Gasteiger partial charge on any atom is 0.261 e. The average Bonchev–Trinajstić information content (AvgIpc) is 3.11. The van der Waals surface area contributed by atoms with Crippen molar-refractivity contribution in [2.75, 3.05) is 7.11 Å². The van der Waals surface area contributed by atoms with Gasteiger partial charge >= 0.3 is 0 Å². The minimum atomic E-state index is -0.657. The van der Waals surface area contributed by atoms with Gasteiger partial charge in [-0.1, -0.05) is 24.3 Å². The fourth-order valence-electron chi connectivity index (χ4n) is 2.98. The molecular weight excluding hydrogens is 354 g/mol. The molecule has 1 heterocycles. The van der Waals surface area contributed by atoms with Crippen molar-refractivity contribution in [1.29, 1.82) is 0 Å². The molecule has 6 heteroatoms. The summed E-state index contributed by atoms with van der Waals surface area (Å²) in [6.45, 7) is 3.72. The Morgan fingerprint density at radius 2 is 1.89 bits per heavy atom. The lowest BCUT2D eigenvalue weighted by molar-refractivity contribution is -0.127. The van der Waals surface area contributed by atoms with Crippen molar-refractivity contribution in [3.05, 3.63) is 77.9 Å². The maximum atomic E-state index is 12.9. The molecule has 0 bridgehead atoms. The molecule has 2 unspecified atom stereocenters. The van der Waals surface area contributed by atoms with Crippen molar-refractivity contribution in [1.82, 2.24) is 14.9 Å². The monoisotopic (exact) mass is 379 g/mol. The summed E-state index contributed by atoms with van der Waals surface area (Å²) in [6.07, 6.45) is 2.90. The molecule has 0 aliphatic rings. The molecule has 1 amide bonds. The molecule has 0 radical (unpaired) electrons. The van der Waals surface area contributed by atoms with Gasteiger partial charge in [0, 0.05) is 19.4 Å². The Morgan fingerprint density at radius 3 is 2.57 bits per heavy atom. The normalized spacial score (nSPS) is 12.9. The highest BCUT2D eigenvalue weighted by Crippen LogP contribution is 2.24. The first kappa shape index (κ1) is 19.5. The van der Waals surface area contributed by atoms with Gasteiger partial charge in [-0.25, -0.2) is 4.98 Å². The lowest BCUT2D eigenvalue weighted by atomic mass is 10.1. The average molecular weight is 379 g/mol. The zero-order chi connectivity index (χ0) is 20.1. The summed E-state index contributed by atoms with van der Waals surface area (Å²) < 4.78 is 13.0. The van der Waals surface area contributed by atoms with E-state index in [0.29, 0.717) is 5.75 Å². The Balaban J connectivity index is 1.82. The molecule has 0 fully saturated rings. The Bertz CT molecular complexity index is 951. The predicted molar refractivity (Wildman–Crippen MR) is 107 cm³/mol. The van der Waals surface area contributed by atoms with Crippen LogP contribution in [0.15, 0.2) is 60.9 Å². The number of aryl methyl sites for hydroxylation is 2. The standard InChI is InChI=1S/C22H25N3O3/c1-15-7-5-10-19(13-15)28-16(2)22(26)24-20(21-23-11-12-25(21)3)17-8-6-9-18(14-17)27-4/h5-14,16,20H,1-4H3,(H,24,26). The Labute approximate surface area is 165 Å². The minimum Gasteiger partial charge on any atom is -0.497 e. The second-order valence-electron chi connectivity index (χ2n) is 6.69. The van der Waals surface area contributed by atoms with Gasteiger partial charge in [-0.3, -0.25) is 4.79 Å². The van der Waals surface area contributed by atoms with Crippen LogP contribution in [0.3, 0.4) is 0 Å². The number of amides is 1. The zero-order valence-electron chi connectivity index (χ0n) is 16.5. The second kappa shape index (κ2) is 8.61. The number of nitrogens with one attached hydrogen (secondary N) is 1. The summed E-state index contributed by atoms with van der Waals surface area (Å²) in [5.41, 5.74) is 1.96. The Kier molecular flexibility index (Phi) is 5.99. The van der Waals surface area contributed by atoms with Crippen molar-refractivity contribution in [2.24, 2.45) is 7.05 Å². The smallest absolute Gasteiger partial charge is 0.261 e. The van der Waals surface area contributed by atoms with E-state index in [-0.39, 0.29) is 5.91 Å². The van der Waals surface area contributed by atoms with Crippen LogP contribution >= 0.6 is 0 Å². The van der Waals surface area contributed by atoms with Crippen LogP contribution in [-0.2, 0) is 11.8 Å². The molecule has 1 N–H and O–H groups in total. The molecule has 1 aromatic heterocycles. The second-order valence-corrected chi connectivity index (χ2v) is 6.69. The van der Waals surface area contributed by atoms with E-state index in [1.165, 1.54) is 0 Å². The minimum absolute atomic E-state index is 0.225. The van der Waals surface area contributed by atoms with Crippen LogP contribution in [-0.4, -0.2) is 28.7 Å². The van der Waals surface area contributed by atoms with Gasteiger partial charge in [0.05, 0.1) is 7.11 Å². The van der Waals surface area contributed by atoms with E-state index < -0.39 is 12.1 Å². The Morgan fingerprint density at radius 1 is 1.14 bits per heavy atom. The van der Waals surface area contributed by atoms with Crippen LogP contribution in [0.25, 0.3) is 0 Å². The van der Waals surface area contributed by atoms with Crippen LogP contribution in [0, 0.1) is 6.92 Å². The number of imidazole rings is 1. The number of benzene rings is 2. The molecule has 2 atom stereocenters. The molecule has 2 aromatic carbocycles. The lowest BCUT2D eigenvalue weighted by Crippen LogP contribution is -2.39. The number of carbonyl (C=O) groups excluding carboxylic acids is 1. The van der Waals surface area contributed by atoms with E-state index in [9.17, 15) is 4.79 Å². The summed E-state index contributed by atoms with van der Waals surface area (Å²) in [5, 5.41) is 3.06. The number of nitrogens with zero attached hydrogens (tertiary/aromatic N) is 2. The maximum absolute atomic E-state index is 12.9. The molecule has 0 spiro atoms. The number of aromatic nitrogens is 2. The highest BCUT2D eigenvalue weighted by Gasteiger charge is 2.24. The van der Waals surface area contributed by atoms with Crippen molar-refractivity contribution >= 4 is 5.91 Å². The van der Waals surface area contributed by atoms with Gasteiger partial charge in [0.15, 0.2) is 6.10 Å². The van der Waals surface area contributed by atoms with Gasteiger partial charge in [0.25, 0.3) is 5.91 Å². The number of carbonyl (C=O) groups is 1. The summed E-state index contributed by atoms with van der Waals surface area (Å²) in [7, 11) is 3.51. The number of rotatable bonds is 7. The van der Waals surface area contributed by atoms with Crippen LogP contribution in [0.1, 0.15) is 29.9 Å². The molecule has 3 rings (SSSR count). The van der Waals surface area contributed by atoms with Gasteiger partial charge in [0.2, 0.25) is 0 Å². The Hall–Kier alpha value is -3.28. The number of hydrogen-bond acceptors (Lipinski definition) is 4. The van der Waals surface area contributed by atoms with Crippen LogP contribution in [0.4, 0.5) is 0 Å². The van der Waals surface area contributed by atoms with Crippen LogP contribution in [0.5, 0.6) is 11.5 Å². The van der Waals surface area contributed by atoms with Crippen LogP contribution in [0.2, 0.25) is 0 Å². The van der Waals surface area contributed by atoms with Crippen molar-refractivity contribution in [3.63, 3.8) is 0 Å². The number of methoxy groups -OCH3 is 1. The van der Waals surface area contributed by atoms with E-state index in [4.69, 9.17) is 9.47 Å². The molecule has 6 nitrogen and oxygen atoms in total. The zero-order valence-corrected chi connectivity index (χ0v) is 16.5. The van der Waals surface area contributed by atoms with E-state index in [1.807, 2.05) is 73.3 Å². The van der Waals surface area contributed by atoms with Gasteiger partial charge < -0.3 is 19.4 Å². The summed E-state index contributed by atoms with van der Waals surface area (Å²) in [6, 6.07) is 14.8. The highest BCUT2D eigenvalue weighted by atomic mass is 16.5. The molecule has 28 heavy (non-hydrogen) atoms. The molecule has 0 saturated carbocycles. The third kappa shape index (κ3) is 4.52. The van der Waals surface area contributed by atoms with E-state index in [2.05, 4.69) is 10.3 Å². The van der Waals surface area contributed by atoms with Crippen molar-refractivity contribution in [3.8, 4) is 11.5 Å². The summed E-state index contributed by atoms with van der Waals surface area (Å²) >= 11 is 0. The summed E-state index contributed by atoms with van der Waals surface area (Å²) in [4.78, 5) is 17.3. The highest BCUT2D eigenvalue weighted by molar-refractivity contribution is 5.81. The molecule has 3 aromatic rings. The van der Waals surface area contributed by atoms with Gasteiger partial charge in [-0.15, -0.1) is 0 Å². The van der Waals surface area contributed by atoms with Crippen molar-refractivity contribution < 1.29 is 14.3 Å².